The molecule has 0 saturated carbocycles. The maximum absolute atomic E-state index is 13.8. The summed E-state index contributed by atoms with van der Waals surface area (Å²) in [5.41, 5.74) is 0.713. The average molecular weight is 298 g/mol. The molecule has 1 aromatic carbocycles. The maximum Gasteiger partial charge on any atom is 0.151 e. The molecule has 0 unspecified atom stereocenters. The summed E-state index contributed by atoms with van der Waals surface area (Å²) < 4.78 is 36.9. The Morgan fingerprint density at radius 2 is 2.00 bits per heavy atom. The van der Waals surface area contributed by atoms with Crippen LogP contribution in [-0.2, 0) is 16.4 Å². The van der Waals surface area contributed by atoms with Crippen molar-refractivity contribution in [2.75, 3.05) is 13.3 Å². The van der Waals surface area contributed by atoms with E-state index in [2.05, 4.69) is 0 Å². The summed E-state index contributed by atoms with van der Waals surface area (Å²) in [6.07, 6.45) is 1.20. The Balaban J connectivity index is 2.86. The van der Waals surface area contributed by atoms with Gasteiger partial charge in [0.2, 0.25) is 0 Å². The standard InChI is InChI=1S/C14H19FN2O2S/c1-10(11(2)20(4,18)19)17(3)9-13-6-5-12(8-16)7-14(13)15/h5-7,10-11H,9H2,1-4H3/t10-,11+/m0/s1. The zero-order valence-corrected chi connectivity index (χ0v) is 12.9. The minimum absolute atomic E-state index is 0.236. The lowest BCUT2D eigenvalue weighted by Gasteiger charge is -2.29. The first-order valence-corrected chi connectivity index (χ1v) is 8.20. The van der Waals surface area contributed by atoms with Crippen molar-refractivity contribution in [2.45, 2.75) is 31.7 Å². The first-order chi connectivity index (χ1) is 9.16. The van der Waals surface area contributed by atoms with E-state index in [9.17, 15) is 12.8 Å². The van der Waals surface area contributed by atoms with Crippen LogP contribution in [0.2, 0.25) is 0 Å². The van der Waals surface area contributed by atoms with Crippen molar-refractivity contribution in [1.29, 1.82) is 5.26 Å². The van der Waals surface area contributed by atoms with E-state index >= 15 is 0 Å². The zero-order chi connectivity index (χ0) is 15.5. The van der Waals surface area contributed by atoms with Crippen LogP contribution in [0.1, 0.15) is 25.0 Å². The number of hydrogen-bond donors (Lipinski definition) is 0. The van der Waals surface area contributed by atoms with Crippen LogP contribution in [0.4, 0.5) is 4.39 Å². The van der Waals surface area contributed by atoms with E-state index in [0.29, 0.717) is 12.1 Å². The van der Waals surface area contributed by atoms with Crippen LogP contribution in [0.5, 0.6) is 0 Å². The van der Waals surface area contributed by atoms with Crippen LogP contribution in [-0.4, -0.2) is 37.9 Å². The number of rotatable bonds is 5. The highest BCUT2D eigenvalue weighted by Gasteiger charge is 2.25. The van der Waals surface area contributed by atoms with Crippen molar-refractivity contribution >= 4 is 9.84 Å². The van der Waals surface area contributed by atoms with Crippen LogP contribution in [0, 0.1) is 17.1 Å². The molecule has 0 aliphatic heterocycles. The summed E-state index contributed by atoms with van der Waals surface area (Å²) in [6.45, 7) is 3.73. The Labute approximate surface area is 119 Å². The molecule has 1 rings (SSSR count). The quantitative estimate of drug-likeness (QED) is 0.833. The molecule has 0 aliphatic carbocycles. The number of benzene rings is 1. The summed E-state index contributed by atoms with van der Waals surface area (Å²) in [5.74, 6) is -0.449. The van der Waals surface area contributed by atoms with Crippen LogP contribution >= 0.6 is 0 Å². The van der Waals surface area contributed by atoms with E-state index in [1.165, 1.54) is 12.3 Å². The third-order valence-corrected chi connectivity index (χ3v) is 5.40. The Morgan fingerprint density at radius 1 is 1.40 bits per heavy atom. The largest absolute Gasteiger partial charge is 0.298 e. The monoisotopic (exact) mass is 298 g/mol. The molecule has 0 N–H and O–H groups in total. The van der Waals surface area contributed by atoms with Gasteiger partial charge in [-0.05, 0) is 33.0 Å². The van der Waals surface area contributed by atoms with Crippen molar-refractivity contribution < 1.29 is 12.8 Å². The smallest absolute Gasteiger partial charge is 0.151 e. The number of nitrogens with zero attached hydrogens (tertiary/aromatic N) is 2. The fourth-order valence-electron chi connectivity index (χ4n) is 1.87. The van der Waals surface area contributed by atoms with E-state index in [0.717, 1.165) is 0 Å². The van der Waals surface area contributed by atoms with Gasteiger partial charge in [0.15, 0.2) is 9.84 Å². The minimum atomic E-state index is -3.14. The molecule has 0 aliphatic rings. The lowest BCUT2D eigenvalue weighted by Crippen LogP contribution is -2.41. The molecule has 0 radical (unpaired) electrons. The highest BCUT2D eigenvalue weighted by Crippen LogP contribution is 2.16. The molecular weight excluding hydrogens is 279 g/mol. The molecule has 1 aromatic rings. The molecule has 0 amide bonds. The number of halogens is 1. The van der Waals surface area contributed by atoms with Crippen molar-refractivity contribution in [2.24, 2.45) is 0 Å². The third kappa shape index (κ3) is 4.02. The molecule has 0 spiro atoms. The van der Waals surface area contributed by atoms with Gasteiger partial charge in [-0.15, -0.1) is 0 Å². The highest BCUT2D eigenvalue weighted by atomic mass is 32.2. The predicted molar refractivity (Wildman–Crippen MR) is 76.3 cm³/mol. The van der Waals surface area contributed by atoms with E-state index in [4.69, 9.17) is 5.26 Å². The first kappa shape index (κ1) is 16.6. The summed E-state index contributed by atoms with van der Waals surface area (Å²) in [6, 6.07) is 5.94. The second kappa shape index (κ2) is 6.33. The minimum Gasteiger partial charge on any atom is -0.298 e. The molecule has 20 heavy (non-hydrogen) atoms. The average Bonchev–Trinajstić information content (AvgIpc) is 2.38. The molecule has 0 fully saturated rings. The SMILES string of the molecule is C[C@H]([C@H](C)N(C)Cc1ccc(C#N)cc1F)S(C)(=O)=O. The van der Waals surface area contributed by atoms with Crippen molar-refractivity contribution in [3.05, 3.63) is 35.1 Å². The van der Waals surface area contributed by atoms with Crippen molar-refractivity contribution in [3.63, 3.8) is 0 Å². The Kier molecular flexibility index (Phi) is 5.26. The normalized spacial score (nSPS) is 14.8. The maximum atomic E-state index is 13.8. The molecule has 6 heteroatoms. The van der Waals surface area contributed by atoms with Gasteiger partial charge in [-0.3, -0.25) is 4.90 Å². The van der Waals surface area contributed by atoms with Crippen LogP contribution in [0.15, 0.2) is 18.2 Å². The molecule has 4 nitrogen and oxygen atoms in total. The number of nitriles is 1. The lowest BCUT2D eigenvalue weighted by atomic mass is 10.1. The summed E-state index contributed by atoms with van der Waals surface area (Å²) in [7, 11) is -1.38. The Morgan fingerprint density at radius 3 is 2.45 bits per heavy atom. The van der Waals surface area contributed by atoms with E-state index in [1.807, 2.05) is 6.07 Å². The Bertz CT molecular complexity index is 623. The summed E-state index contributed by atoms with van der Waals surface area (Å²) in [4.78, 5) is 1.79. The van der Waals surface area contributed by atoms with Gasteiger partial charge in [-0.2, -0.15) is 5.26 Å². The summed E-state index contributed by atoms with van der Waals surface area (Å²) in [5, 5.41) is 8.16. The molecule has 0 heterocycles. The second-order valence-corrected chi connectivity index (χ2v) is 7.51. The first-order valence-electron chi connectivity index (χ1n) is 6.24. The predicted octanol–water partition coefficient (Wildman–Crippen LogP) is 1.95. The Hall–Kier alpha value is -1.45. The molecule has 0 bridgehead atoms. The van der Waals surface area contributed by atoms with Gasteiger partial charge in [-0.1, -0.05) is 6.07 Å². The highest BCUT2D eigenvalue weighted by molar-refractivity contribution is 7.91. The second-order valence-electron chi connectivity index (χ2n) is 5.11. The molecule has 0 saturated heterocycles. The zero-order valence-electron chi connectivity index (χ0n) is 12.1. The van der Waals surface area contributed by atoms with Crippen LogP contribution in [0.25, 0.3) is 0 Å². The number of hydrogen-bond acceptors (Lipinski definition) is 4. The van der Waals surface area contributed by atoms with Gasteiger partial charge in [0.05, 0.1) is 16.9 Å². The van der Waals surface area contributed by atoms with Gasteiger partial charge in [0.1, 0.15) is 5.82 Å². The van der Waals surface area contributed by atoms with E-state index in [1.54, 1.807) is 37.9 Å². The molecular formula is C14H19FN2O2S. The van der Waals surface area contributed by atoms with Crippen LogP contribution in [0.3, 0.4) is 0 Å². The molecule has 110 valence electrons. The molecule has 2 atom stereocenters. The van der Waals surface area contributed by atoms with Gasteiger partial charge in [0.25, 0.3) is 0 Å². The van der Waals surface area contributed by atoms with Crippen molar-refractivity contribution in [1.82, 2.24) is 4.90 Å². The van der Waals surface area contributed by atoms with Crippen LogP contribution < -0.4 is 0 Å². The lowest BCUT2D eigenvalue weighted by molar-refractivity contribution is 0.242. The van der Waals surface area contributed by atoms with Gasteiger partial charge < -0.3 is 0 Å². The van der Waals surface area contributed by atoms with Crippen molar-refractivity contribution in [3.8, 4) is 6.07 Å². The van der Waals surface area contributed by atoms with Gasteiger partial charge in [0, 0.05) is 24.4 Å². The third-order valence-electron chi connectivity index (χ3n) is 3.65. The van der Waals surface area contributed by atoms with Gasteiger partial charge in [-0.25, -0.2) is 12.8 Å². The fourth-order valence-corrected chi connectivity index (χ4v) is 2.80. The van der Waals surface area contributed by atoms with E-state index in [-0.39, 0.29) is 11.6 Å². The van der Waals surface area contributed by atoms with Gasteiger partial charge >= 0.3 is 0 Å². The van der Waals surface area contributed by atoms with E-state index < -0.39 is 20.9 Å². The fraction of sp³-hybridized carbons (Fsp3) is 0.500. The topological polar surface area (TPSA) is 61.2 Å². The number of sulfone groups is 1. The summed E-state index contributed by atoms with van der Waals surface area (Å²) >= 11 is 0. The molecule has 0 aromatic heterocycles.